The molecule has 0 saturated carbocycles. The van der Waals surface area contributed by atoms with Crippen LogP contribution in [-0.4, -0.2) is 16.0 Å². The maximum absolute atomic E-state index is 14.2. The first-order chi connectivity index (χ1) is 17.0. The van der Waals surface area contributed by atoms with E-state index >= 15 is 0 Å². The molecule has 35 heavy (non-hydrogen) atoms. The van der Waals surface area contributed by atoms with E-state index < -0.39 is 11.8 Å². The van der Waals surface area contributed by atoms with Crippen molar-refractivity contribution in [1.82, 2.24) is 9.97 Å². The number of nitriles is 1. The summed E-state index contributed by atoms with van der Waals surface area (Å²) in [7, 11) is 0. The third-order valence-electron chi connectivity index (χ3n) is 4.72. The van der Waals surface area contributed by atoms with Gasteiger partial charge in [0.25, 0.3) is 0 Å². The molecule has 9 nitrogen and oxygen atoms in total. The number of urea groups is 1. The highest BCUT2D eigenvalue weighted by molar-refractivity contribution is 6.34. The maximum Gasteiger partial charge on any atom is 0.404 e. The molecule has 172 valence electrons. The monoisotopic (exact) mass is 487 g/mol. The second kappa shape index (κ2) is 10.4. The van der Waals surface area contributed by atoms with E-state index in [2.05, 4.69) is 20.5 Å². The van der Waals surface area contributed by atoms with Crippen LogP contribution in [0.3, 0.4) is 0 Å². The highest BCUT2D eigenvalue weighted by Gasteiger charge is 2.29. The summed E-state index contributed by atoms with van der Waals surface area (Å²) < 4.78 is 14.2. The molecule has 0 spiro atoms. The molecule has 0 aliphatic rings. The molecule has 0 aliphatic heterocycles. The first-order valence-electron chi connectivity index (χ1n) is 10.1. The normalized spacial score (nSPS) is 10.2. The predicted molar refractivity (Wildman–Crippen MR) is 130 cm³/mol. The van der Waals surface area contributed by atoms with Gasteiger partial charge >= 0.3 is 6.03 Å². The number of amides is 2. The number of anilines is 5. The fourth-order valence-corrected chi connectivity index (χ4v) is 3.42. The van der Waals surface area contributed by atoms with E-state index in [-0.39, 0.29) is 28.2 Å². The number of hydrogen-bond donors (Lipinski definition) is 1. The van der Waals surface area contributed by atoms with Gasteiger partial charge in [0, 0.05) is 23.1 Å². The summed E-state index contributed by atoms with van der Waals surface area (Å²) in [5.74, 6) is -0.332. The first kappa shape index (κ1) is 23.3. The average molecular weight is 488 g/mol. The number of hydrazine groups is 1. The summed E-state index contributed by atoms with van der Waals surface area (Å²) in [6, 6.07) is 20.6. The van der Waals surface area contributed by atoms with Crippen molar-refractivity contribution in [3.63, 3.8) is 0 Å². The van der Waals surface area contributed by atoms with Crippen molar-refractivity contribution in [2.75, 3.05) is 15.3 Å². The highest BCUT2D eigenvalue weighted by atomic mass is 35.5. The Balaban J connectivity index is 1.83. The van der Waals surface area contributed by atoms with Crippen molar-refractivity contribution >= 4 is 46.5 Å². The van der Waals surface area contributed by atoms with Crippen molar-refractivity contribution in [2.45, 2.75) is 0 Å². The first-order valence-corrected chi connectivity index (χ1v) is 10.5. The molecule has 0 bridgehead atoms. The van der Waals surface area contributed by atoms with Crippen LogP contribution in [0.4, 0.5) is 38.0 Å². The van der Waals surface area contributed by atoms with Gasteiger partial charge in [-0.25, -0.2) is 19.2 Å². The van der Waals surface area contributed by atoms with E-state index in [1.165, 1.54) is 47.6 Å². The van der Waals surface area contributed by atoms with Crippen LogP contribution in [0, 0.1) is 22.1 Å². The number of carbonyl (C=O) groups excluding carboxylic acids is 1. The Labute approximate surface area is 204 Å². The largest absolute Gasteiger partial charge is 0.404 e. The van der Waals surface area contributed by atoms with Gasteiger partial charge in [0.2, 0.25) is 5.95 Å². The third kappa shape index (κ3) is 5.21. The zero-order valence-corrected chi connectivity index (χ0v) is 18.6. The summed E-state index contributed by atoms with van der Waals surface area (Å²) in [4.78, 5) is 32.7. The molecular formula is C24H15ClFN7O2. The molecule has 1 N–H and O–H groups in total. The van der Waals surface area contributed by atoms with E-state index in [4.69, 9.17) is 16.9 Å². The third-order valence-corrected chi connectivity index (χ3v) is 5.04. The minimum atomic E-state index is -1.21. The summed E-state index contributed by atoms with van der Waals surface area (Å²) in [5, 5.41) is 16.8. The van der Waals surface area contributed by atoms with Crippen LogP contribution in [0.5, 0.6) is 0 Å². The second-order valence-corrected chi connectivity index (χ2v) is 7.39. The van der Waals surface area contributed by atoms with E-state index in [1.807, 2.05) is 6.07 Å². The number of para-hydroxylation sites is 1. The molecule has 0 aliphatic carbocycles. The zero-order chi connectivity index (χ0) is 24.8. The molecule has 2 amide bonds. The number of nitrogens with zero attached hydrogens (tertiary/aromatic N) is 6. The van der Waals surface area contributed by atoms with Crippen molar-refractivity contribution < 1.29 is 9.18 Å². The second-order valence-electron chi connectivity index (χ2n) is 6.98. The number of hydrogen-bond acceptors (Lipinski definition) is 7. The summed E-state index contributed by atoms with van der Waals surface area (Å²) in [5.41, 5.74) is 1.39. The lowest BCUT2D eigenvalue weighted by Gasteiger charge is -2.34. The lowest BCUT2D eigenvalue weighted by atomic mass is 10.2. The topological polar surface area (TPSA) is 115 Å². The fourth-order valence-electron chi connectivity index (χ4n) is 3.20. The van der Waals surface area contributed by atoms with Crippen LogP contribution in [0.15, 0.2) is 90.2 Å². The van der Waals surface area contributed by atoms with Crippen LogP contribution in [0.1, 0.15) is 5.56 Å². The van der Waals surface area contributed by atoms with E-state index in [0.717, 1.165) is 11.1 Å². The van der Waals surface area contributed by atoms with E-state index in [1.54, 1.807) is 36.4 Å². The molecule has 11 heteroatoms. The molecule has 0 saturated heterocycles. The summed E-state index contributed by atoms with van der Waals surface area (Å²) in [6.07, 6.45) is 1.42. The van der Waals surface area contributed by atoms with E-state index in [0.29, 0.717) is 11.3 Å². The molecule has 4 rings (SSSR count). The molecule has 1 aromatic heterocycles. The number of benzene rings is 3. The smallest absolute Gasteiger partial charge is 0.324 e. The fraction of sp³-hybridized carbons (Fsp3) is 0. The predicted octanol–water partition coefficient (Wildman–Crippen LogP) is 6.33. The zero-order valence-electron chi connectivity index (χ0n) is 17.8. The van der Waals surface area contributed by atoms with Gasteiger partial charge in [-0.1, -0.05) is 29.8 Å². The summed E-state index contributed by atoms with van der Waals surface area (Å²) in [6.45, 7) is 0. The van der Waals surface area contributed by atoms with Gasteiger partial charge in [-0.15, -0.1) is 4.91 Å². The Morgan fingerprint density at radius 3 is 2.51 bits per heavy atom. The Hall–Kier alpha value is -4.88. The van der Waals surface area contributed by atoms with Crippen LogP contribution in [-0.2, 0) is 0 Å². The number of carbonyl (C=O) groups is 1. The maximum atomic E-state index is 14.2. The molecular weight excluding hydrogens is 473 g/mol. The van der Waals surface area contributed by atoms with Crippen LogP contribution < -0.4 is 15.3 Å². The molecule has 4 aromatic rings. The highest BCUT2D eigenvalue weighted by Crippen LogP contribution is 2.35. The number of nitroso groups, excluding NO2 is 1. The average Bonchev–Trinajstić information content (AvgIpc) is 2.88. The number of halogens is 2. The van der Waals surface area contributed by atoms with Gasteiger partial charge in [0.05, 0.1) is 28.0 Å². The van der Waals surface area contributed by atoms with Crippen LogP contribution >= 0.6 is 11.6 Å². The Kier molecular flexibility index (Phi) is 6.90. The van der Waals surface area contributed by atoms with Crippen LogP contribution in [0.25, 0.3) is 0 Å². The van der Waals surface area contributed by atoms with Crippen molar-refractivity contribution in [3.05, 3.63) is 106 Å². The van der Waals surface area contributed by atoms with Crippen molar-refractivity contribution in [1.29, 1.82) is 5.26 Å². The van der Waals surface area contributed by atoms with Gasteiger partial charge < -0.3 is 5.32 Å². The minimum Gasteiger partial charge on any atom is -0.324 e. The Bertz CT molecular complexity index is 1430. The molecule has 0 fully saturated rings. The molecule has 1 heterocycles. The Morgan fingerprint density at radius 2 is 1.83 bits per heavy atom. The number of rotatable bonds is 6. The molecule has 0 radical (unpaired) electrons. The van der Waals surface area contributed by atoms with Crippen molar-refractivity contribution in [2.24, 2.45) is 5.18 Å². The number of aromatic nitrogens is 2. The lowest BCUT2D eigenvalue weighted by molar-refractivity contribution is 0.254. The van der Waals surface area contributed by atoms with E-state index in [9.17, 15) is 14.1 Å². The van der Waals surface area contributed by atoms with Gasteiger partial charge in [-0.05, 0) is 54.6 Å². The Morgan fingerprint density at radius 1 is 1.06 bits per heavy atom. The molecule has 0 atom stereocenters. The quantitative estimate of drug-likeness (QED) is 0.249. The number of nitrogens with one attached hydrogen (secondary N) is 1. The van der Waals surface area contributed by atoms with Crippen molar-refractivity contribution in [3.8, 4) is 6.07 Å². The van der Waals surface area contributed by atoms with Crippen LogP contribution in [0.2, 0.25) is 5.02 Å². The summed E-state index contributed by atoms with van der Waals surface area (Å²) >= 11 is 6.33. The lowest BCUT2D eigenvalue weighted by Crippen LogP contribution is -2.43. The molecule has 3 aromatic carbocycles. The minimum absolute atomic E-state index is 0.110. The van der Waals surface area contributed by atoms with Gasteiger partial charge in [0.1, 0.15) is 5.82 Å². The molecule has 0 unspecified atom stereocenters. The standard InChI is InChI=1S/C24H15ClFN7O2/c25-20-6-1-2-7-21(20)33(24(34)31-35)32(19-5-3-4-17(26)14-19)22-12-13-28-23(30-22)29-18-10-8-16(15-27)9-11-18/h1-14H,(H,28,29,30). The van der Waals surface area contributed by atoms with Gasteiger partial charge in [0.15, 0.2) is 5.82 Å². The van der Waals surface area contributed by atoms with Gasteiger partial charge in [-0.3, -0.25) is 0 Å². The SMILES string of the molecule is N#Cc1ccc(Nc2nccc(N(c3cccc(F)c3)N(C(=O)N=O)c3ccccc3Cl)n2)cc1. The van der Waals surface area contributed by atoms with Gasteiger partial charge in [-0.2, -0.15) is 15.3 Å².